The van der Waals surface area contributed by atoms with Crippen LogP contribution < -0.4 is 10.5 Å². The number of ether oxygens (including phenoxy) is 1. The van der Waals surface area contributed by atoms with Gasteiger partial charge in [-0.3, -0.25) is 0 Å². The molecule has 2 aromatic rings. The summed E-state index contributed by atoms with van der Waals surface area (Å²) in [5.41, 5.74) is 8.22. The molecule has 0 spiro atoms. The third-order valence-electron chi connectivity index (χ3n) is 2.82. The summed E-state index contributed by atoms with van der Waals surface area (Å²) in [6, 6.07) is 14.2. The van der Waals surface area contributed by atoms with Crippen LogP contribution in [-0.2, 0) is 6.42 Å². The Morgan fingerprint density at radius 2 is 1.84 bits per heavy atom. The third-order valence-corrected chi connectivity index (χ3v) is 3.31. The number of halogens is 1. The molecule has 0 saturated heterocycles. The first-order chi connectivity index (χ1) is 9.04. The van der Waals surface area contributed by atoms with E-state index in [1.165, 1.54) is 5.56 Å². The summed E-state index contributed by atoms with van der Waals surface area (Å²) >= 11 is 3.48. The minimum atomic E-state index is 0.113. The maximum atomic E-state index is 5.96. The Bertz CT molecular complexity index is 549. The van der Waals surface area contributed by atoms with E-state index < -0.39 is 0 Å². The normalized spacial score (nSPS) is 12.2. The lowest BCUT2D eigenvalue weighted by atomic mass is 10.1. The zero-order chi connectivity index (χ0) is 13.8. The number of hydrogen-bond donors (Lipinski definition) is 1. The highest BCUT2D eigenvalue weighted by atomic mass is 79.9. The van der Waals surface area contributed by atoms with Crippen molar-refractivity contribution in [3.63, 3.8) is 0 Å². The van der Waals surface area contributed by atoms with Gasteiger partial charge in [0.05, 0.1) is 0 Å². The number of hydrogen-bond acceptors (Lipinski definition) is 2. The van der Waals surface area contributed by atoms with Crippen LogP contribution in [0.5, 0.6) is 11.5 Å². The number of nitrogens with two attached hydrogens (primary N) is 1. The van der Waals surface area contributed by atoms with Gasteiger partial charge < -0.3 is 10.5 Å². The summed E-state index contributed by atoms with van der Waals surface area (Å²) in [4.78, 5) is 0. The molecule has 0 aliphatic carbocycles. The van der Waals surface area contributed by atoms with Gasteiger partial charge in [0.1, 0.15) is 11.5 Å². The lowest BCUT2D eigenvalue weighted by Crippen LogP contribution is -2.18. The van der Waals surface area contributed by atoms with Crippen molar-refractivity contribution in [1.29, 1.82) is 0 Å². The molecule has 0 radical (unpaired) electrons. The molecule has 0 aliphatic heterocycles. The van der Waals surface area contributed by atoms with Crippen LogP contribution in [0, 0.1) is 6.92 Å². The predicted octanol–water partition coefficient (Wildman–Crippen LogP) is 4.44. The molecule has 2 nitrogen and oxygen atoms in total. The van der Waals surface area contributed by atoms with Gasteiger partial charge in [-0.1, -0.05) is 39.7 Å². The van der Waals surface area contributed by atoms with E-state index in [9.17, 15) is 0 Å². The maximum Gasteiger partial charge on any atom is 0.131 e. The first-order valence-electron chi connectivity index (χ1n) is 6.33. The van der Waals surface area contributed by atoms with Crippen LogP contribution in [0.3, 0.4) is 0 Å². The molecule has 0 saturated carbocycles. The van der Waals surface area contributed by atoms with Gasteiger partial charge in [-0.25, -0.2) is 0 Å². The summed E-state index contributed by atoms with van der Waals surface area (Å²) in [7, 11) is 0. The van der Waals surface area contributed by atoms with Crippen molar-refractivity contribution >= 4 is 15.9 Å². The number of benzene rings is 2. The summed E-state index contributed by atoms with van der Waals surface area (Å²) < 4.78 is 6.96. The van der Waals surface area contributed by atoms with Crippen molar-refractivity contribution in [1.82, 2.24) is 0 Å². The fraction of sp³-hybridized carbons (Fsp3) is 0.250. The second kappa shape index (κ2) is 6.22. The molecule has 1 atom stereocenters. The average Bonchev–Trinajstić information content (AvgIpc) is 2.35. The highest BCUT2D eigenvalue weighted by molar-refractivity contribution is 9.10. The van der Waals surface area contributed by atoms with Crippen LogP contribution in [0.15, 0.2) is 46.9 Å². The summed E-state index contributed by atoms with van der Waals surface area (Å²) in [5, 5.41) is 0. The molecule has 19 heavy (non-hydrogen) atoms. The number of aryl methyl sites for hydroxylation is 1. The number of rotatable bonds is 4. The van der Waals surface area contributed by atoms with E-state index in [0.29, 0.717) is 0 Å². The SMILES string of the molecule is Cc1ccc(Oc2cc(Br)ccc2CC(C)N)cc1. The van der Waals surface area contributed by atoms with Crippen LogP contribution in [0.2, 0.25) is 0 Å². The van der Waals surface area contributed by atoms with Gasteiger partial charge in [-0.2, -0.15) is 0 Å². The van der Waals surface area contributed by atoms with Gasteiger partial charge in [0.2, 0.25) is 0 Å². The standard InChI is InChI=1S/C16H18BrNO/c1-11-3-7-15(8-4-11)19-16-10-14(17)6-5-13(16)9-12(2)18/h3-8,10,12H,9,18H2,1-2H3. The third kappa shape index (κ3) is 4.08. The minimum absolute atomic E-state index is 0.113. The van der Waals surface area contributed by atoms with Crippen LogP contribution >= 0.6 is 15.9 Å². The lowest BCUT2D eigenvalue weighted by molar-refractivity contribution is 0.473. The summed E-state index contributed by atoms with van der Waals surface area (Å²) in [5.74, 6) is 1.70. The molecule has 0 fully saturated rings. The van der Waals surface area contributed by atoms with E-state index in [0.717, 1.165) is 28.0 Å². The van der Waals surface area contributed by atoms with Gasteiger partial charge in [-0.15, -0.1) is 0 Å². The van der Waals surface area contributed by atoms with E-state index >= 15 is 0 Å². The molecule has 100 valence electrons. The molecule has 0 bridgehead atoms. The van der Waals surface area contributed by atoms with Crippen molar-refractivity contribution in [2.24, 2.45) is 5.73 Å². The van der Waals surface area contributed by atoms with Gasteiger partial charge >= 0.3 is 0 Å². The van der Waals surface area contributed by atoms with Crippen LogP contribution in [0.25, 0.3) is 0 Å². The summed E-state index contributed by atoms with van der Waals surface area (Å²) in [6.45, 7) is 4.06. The topological polar surface area (TPSA) is 35.2 Å². The van der Waals surface area contributed by atoms with Crippen molar-refractivity contribution in [2.45, 2.75) is 26.3 Å². The minimum Gasteiger partial charge on any atom is -0.457 e. The Morgan fingerprint density at radius 1 is 1.16 bits per heavy atom. The Morgan fingerprint density at radius 3 is 2.47 bits per heavy atom. The lowest BCUT2D eigenvalue weighted by Gasteiger charge is -2.13. The Hall–Kier alpha value is -1.32. The van der Waals surface area contributed by atoms with E-state index in [4.69, 9.17) is 10.5 Å². The Kier molecular flexibility index (Phi) is 4.61. The summed E-state index contributed by atoms with van der Waals surface area (Å²) in [6.07, 6.45) is 0.800. The van der Waals surface area contributed by atoms with Gasteiger partial charge in [0, 0.05) is 10.5 Å². The Labute approximate surface area is 122 Å². The second-order valence-electron chi connectivity index (χ2n) is 4.85. The highest BCUT2D eigenvalue weighted by Gasteiger charge is 2.08. The smallest absolute Gasteiger partial charge is 0.131 e. The molecule has 0 heterocycles. The zero-order valence-corrected chi connectivity index (χ0v) is 12.8. The maximum absolute atomic E-state index is 5.96. The van der Waals surface area contributed by atoms with E-state index in [1.54, 1.807) is 0 Å². The van der Waals surface area contributed by atoms with Crippen molar-refractivity contribution in [3.8, 4) is 11.5 Å². The first-order valence-corrected chi connectivity index (χ1v) is 7.12. The van der Waals surface area contributed by atoms with Crippen molar-refractivity contribution < 1.29 is 4.74 Å². The predicted molar refractivity (Wildman–Crippen MR) is 82.7 cm³/mol. The molecule has 2 rings (SSSR count). The fourth-order valence-electron chi connectivity index (χ4n) is 1.87. The van der Waals surface area contributed by atoms with Gasteiger partial charge in [-0.05, 0) is 50.1 Å². The molecule has 2 aromatic carbocycles. The second-order valence-corrected chi connectivity index (χ2v) is 5.76. The van der Waals surface area contributed by atoms with Crippen LogP contribution in [0.4, 0.5) is 0 Å². The van der Waals surface area contributed by atoms with Gasteiger partial charge in [0.25, 0.3) is 0 Å². The molecule has 2 N–H and O–H groups in total. The van der Waals surface area contributed by atoms with Crippen molar-refractivity contribution in [2.75, 3.05) is 0 Å². The first kappa shape index (κ1) is 14.1. The van der Waals surface area contributed by atoms with Crippen molar-refractivity contribution in [3.05, 3.63) is 58.1 Å². The molecule has 3 heteroatoms. The van der Waals surface area contributed by atoms with Gasteiger partial charge in [0.15, 0.2) is 0 Å². The van der Waals surface area contributed by atoms with E-state index in [2.05, 4.69) is 28.9 Å². The molecule has 0 aliphatic rings. The quantitative estimate of drug-likeness (QED) is 0.904. The fourth-order valence-corrected chi connectivity index (χ4v) is 2.21. The van der Waals surface area contributed by atoms with Crippen LogP contribution in [0.1, 0.15) is 18.1 Å². The van der Waals surface area contributed by atoms with E-state index in [1.807, 2.05) is 43.3 Å². The highest BCUT2D eigenvalue weighted by Crippen LogP contribution is 2.29. The van der Waals surface area contributed by atoms with Crippen LogP contribution in [-0.4, -0.2) is 6.04 Å². The monoisotopic (exact) mass is 319 g/mol. The largest absolute Gasteiger partial charge is 0.457 e. The zero-order valence-electron chi connectivity index (χ0n) is 11.2. The molecule has 1 unspecified atom stereocenters. The average molecular weight is 320 g/mol. The molecule has 0 aromatic heterocycles. The molecular weight excluding hydrogens is 302 g/mol. The van der Waals surface area contributed by atoms with E-state index in [-0.39, 0.29) is 6.04 Å². The Balaban J connectivity index is 2.27. The molecule has 0 amide bonds. The molecular formula is C16H18BrNO.